The zero-order valence-electron chi connectivity index (χ0n) is 17.9. The van der Waals surface area contributed by atoms with Crippen molar-refractivity contribution < 1.29 is 14.5 Å². The first-order chi connectivity index (χ1) is 14.3. The van der Waals surface area contributed by atoms with Crippen LogP contribution in [-0.2, 0) is 15.1 Å². The number of benzene rings is 2. The van der Waals surface area contributed by atoms with Crippen molar-refractivity contribution in [3.8, 4) is 0 Å². The molecule has 158 valence electrons. The molecule has 0 bridgehead atoms. The fraction of sp³-hybridized carbons (Fsp3) is 0.417. The van der Waals surface area contributed by atoms with Crippen LogP contribution in [0.3, 0.4) is 0 Å². The summed E-state index contributed by atoms with van der Waals surface area (Å²) in [4.78, 5) is 23.4. The van der Waals surface area contributed by atoms with Gasteiger partial charge in [-0.05, 0) is 28.7 Å². The second kappa shape index (κ2) is 8.11. The summed E-state index contributed by atoms with van der Waals surface area (Å²) in [6.07, 6.45) is 1.84. The van der Waals surface area contributed by atoms with Crippen molar-refractivity contribution in [1.82, 2.24) is 5.06 Å². The van der Waals surface area contributed by atoms with Gasteiger partial charge in [0.25, 0.3) is 0 Å². The van der Waals surface area contributed by atoms with Gasteiger partial charge < -0.3 is 9.68 Å². The van der Waals surface area contributed by atoms with Crippen LogP contribution in [0.25, 0.3) is 0 Å². The predicted molar refractivity (Wildman–Crippen MR) is 117 cm³/mol. The first kappa shape index (κ1) is 20.4. The van der Waals surface area contributed by atoms with Gasteiger partial charge in [-0.3, -0.25) is 5.32 Å². The van der Waals surface area contributed by atoms with Crippen LogP contribution in [0.5, 0.6) is 0 Å². The van der Waals surface area contributed by atoms with Crippen molar-refractivity contribution in [2.75, 3.05) is 18.4 Å². The van der Waals surface area contributed by atoms with Crippen LogP contribution in [-0.4, -0.2) is 35.6 Å². The summed E-state index contributed by atoms with van der Waals surface area (Å²) in [6, 6.07) is 17.9. The van der Waals surface area contributed by atoms with E-state index in [1.807, 2.05) is 30.3 Å². The molecule has 2 aromatic rings. The third-order valence-electron chi connectivity index (χ3n) is 5.79. The van der Waals surface area contributed by atoms with E-state index in [1.165, 1.54) is 5.56 Å². The zero-order chi connectivity index (χ0) is 21.2. The Balaban J connectivity index is 1.29. The molecule has 2 aliphatic heterocycles. The Labute approximate surface area is 177 Å². The van der Waals surface area contributed by atoms with E-state index < -0.39 is 6.09 Å². The number of oxime groups is 1. The topological polar surface area (TPSA) is 63.2 Å². The highest BCUT2D eigenvalue weighted by molar-refractivity contribution is 6.01. The number of piperidine rings is 1. The summed E-state index contributed by atoms with van der Waals surface area (Å²) in [5, 5.41) is 8.83. The maximum Gasteiger partial charge on any atom is 0.430 e. The van der Waals surface area contributed by atoms with Crippen LogP contribution >= 0.6 is 0 Å². The van der Waals surface area contributed by atoms with Crippen molar-refractivity contribution >= 4 is 17.5 Å². The van der Waals surface area contributed by atoms with Crippen molar-refractivity contribution in [3.05, 3.63) is 65.7 Å². The molecule has 1 fully saturated rings. The van der Waals surface area contributed by atoms with E-state index in [0.717, 1.165) is 30.5 Å². The minimum Gasteiger partial charge on any atom is -0.388 e. The van der Waals surface area contributed by atoms with E-state index in [-0.39, 0.29) is 11.0 Å². The minimum atomic E-state index is -0.472. The Kier molecular flexibility index (Phi) is 5.52. The molecule has 6 heteroatoms. The second-order valence-electron chi connectivity index (χ2n) is 9.12. The molecule has 1 amide bonds. The van der Waals surface area contributed by atoms with Gasteiger partial charge in [0.2, 0.25) is 0 Å². The van der Waals surface area contributed by atoms with Crippen molar-refractivity contribution in [1.29, 1.82) is 0 Å². The summed E-state index contributed by atoms with van der Waals surface area (Å²) in [7, 11) is 0. The molecule has 4 rings (SSSR count). The van der Waals surface area contributed by atoms with Gasteiger partial charge in [0.1, 0.15) is 5.60 Å². The van der Waals surface area contributed by atoms with E-state index in [4.69, 9.17) is 9.68 Å². The highest BCUT2D eigenvalue weighted by atomic mass is 16.7. The summed E-state index contributed by atoms with van der Waals surface area (Å²) < 4.78 is 0. The number of rotatable bonds is 3. The summed E-state index contributed by atoms with van der Waals surface area (Å²) in [5.74, 6) is 0. The molecule has 30 heavy (non-hydrogen) atoms. The van der Waals surface area contributed by atoms with Crippen molar-refractivity contribution in [2.24, 2.45) is 5.16 Å². The lowest BCUT2D eigenvalue weighted by atomic mass is 9.84. The van der Waals surface area contributed by atoms with Gasteiger partial charge >= 0.3 is 6.09 Å². The number of nitrogens with zero attached hydrogens (tertiary/aromatic N) is 2. The van der Waals surface area contributed by atoms with Crippen LogP contribution in [0, 0.1) is 0 Å². The number of hydroxylamine groups is 2. The number of nitrogens with one attached hydrogen (secondary N) is 1. The van der Waals surface area contributed by atoms with E-state index in [0.29, 0.717) is 18.8 Å². The summed E-state index contributed by atoms with van der Waals surface area (Å²) in [5.41, 5.74) is 3.96. The fourth-order valence-electron chi connectivity index (χ4n) is 3.87. The molecule has 0 atom stereocenters. The van der Waals surface area contributed by atoms with Crippen LogP contribution in [0.2, 0.25) is 0 Å². The number of hydrogen-bond acceptors (Lipinski definition) is 5. The van der Waals surface area contributed by atoms with Gasteiger partial charge in [-0.2, -0.15) is 0 Å². The zero-order valence-corrected chi connectivity index (χ0v) is 17.9. The average Bonchev–Trinajstić information content (AvgIpc) is 3.14. The Bertz CT molecular complexity index is 909. The highest BCUT2D eigenvalue weighted by Crippen LogP contribution is 2.36. The van der Waals surface area contributed by atoms with E-state index in [9.17, 15) is 4.79 Å². The first-order valence-electron chi connectivity index (χ1n) is 10.5. The molecule has 0 radical (unpaired) electrons. The third-order valence-corrected chi connectivity index (χ3v) is 5.79. The summed E-state index contributed by atoms with van der Waals surface area (Å²) in [6.45, 7) is 7.87. The van der Waals surface area contributed by atoms with Crippen molar-refractivity contribution in [2.45, 2.75) is 51.0 Å². The monoisotopic (exact) mass is 407 g/mol. The van der Waals surface area contributed by atoms with Gasteiger partial charge in [0.15, 0.2) is 0 Å². The lowest BCUT2D eigenvalue weighted by Gasteiger charge is -2.35. The van der Waals surface area contributed by atoms with E-state index in [1.54, 1.807) is 5.06 Å². The quantitative estimate of drug-likeness (QED) is 0.768. The van der Waals surface area contributed by atoms with Gasteiger partial charge in [-0.1, -0.05) is 68.4 Å². The smallest absolute Gasteiger partial charge is 0.388 e. The molecule has 0 saturated carbocycles. The van der Waals surface area contributed by atoms with E-state index >= 15 is 0 Å². The average molecular weight is 408 g/mol. The van der Waals surface area contributed by atoms with Crippen molar-refractivity contribution in [3.63, 3.8) is 0 Å². The number of anilines is 1. The Morgan fingerprint density at radius 3 is 2.37 bits per heavy atom. The molecule has 0 aliphatic carbocycles. The van der Waals surface area contributed by atoms with Gasteiger partial charge in [0.05, 0.1) is 5.71 Å². The molecule has 0 aromatic heterocycles. The molecule has 6 nitrogen and oxygen atoms in total. The van der Waals surface area contributed by atoms with E-state index in [2.05, 4.69) is 55.5 Å². The standard InChI is InChI=1S/C24H29N3O3/c1-23(2,3)19-11-9-18(10-12-19)21-17-24(30-26-21)13-15-27(16-14-24)29-22(28)25-20-7-5-4-6-8-20/h4-12H,13-17H2,1-3H3,(H,25,28). The first-order valence-corrected chi connectivity index (χ1v) is 10.5. The fourth-order valence-corrected chi connectivity index (χ4v) is 3.87. The molecule has 2 aliphatic rings. The van der Waals surface area contributed by atoms with Crippen LogP contribution < -0.4 is 5.32 Å². The SMILES string of the molecule is CC(C)(C)c1ccc(C2=NOC3(CCN(OC(=O)Nc4ccccc4)CC3)C2)cc1. The van der Waals surface area contributed by atoms with Crippen LogP contribution in [0.4, 0.5) is 10.5 Å². The van der Waals surface area contributed by atoms with Gasteiger partial charge in [0, 0.05) is 38.0 Å². The molecule has 2 heterocycles. The molecule has 0 unspecified atom stereocenters. The Hall–Kier alpha value is -2.86. The Morgan fingerprint density at radius 1 is 1.07 bits per heavy atom. The number of hydrogen-bond donors (Lipinski definition) is 1. The normalized spacial score (nSPS) is 18.6. The predicted octanol–water partition coefficient (Wildman–Crippen LogP) is 5.11. The molecular weight excluding hydrogens is 378 g/mol. The maximum absolute atomic E-state index is 12.1. The lowest BCUT2D eigenvalue weighted by molar-refractivity contribution is -0.154. The highest BCUT2D eigenvalue weighted by Gasteiger charge is 2.43. The van der Waals surface area contributed by atoms with Crippen LogP contribution in [0.15, 0.2) is 59.8 Å². The van der Waals surface area contributed by atoms with Crippen LogP contribution in [0.1, 0.15) is 51.2 Å². The Morgan fingerprint density at radius 2 is 1.73 bits per heavy atom. The maximum atomic E-state index is 12.1. The summed E-state index contributed by atoms with van der Waals surface area (Å²) >= 11 is 0. The van der Waals surface area contributed by atoms with Gasteiger partial charge in [-0.25, -0.2) is 4.79 Å². The minimum absolute atomic E-state index is 0.132. The number of carbonyl (C=O) groups excluding carboxylic acids is 1. The molecular formula is C24H29N3O3. The van der Waals surface area contributed by atoms with Gasteiger partial charge in [-0.15, -0.1) is 5.06 Å². The number of carbonyl (C=O) groups is 1. The molecule has 1 spiro atoms. The largest absolute Gasteiger partial charge is 0.430 e. The molecule has 1 N–H and O–H groups in total. The second-order valence-corrected chi connectivity index (χ2v) is 9.12. The third kappa shape index (κ3) is 4.65. The molecule has 1 saturated heterocycles. The number of amides is 1. The lowest BCUT2D eigenvalue weighted by Crippen LogP contribution is -2.45. The molecule has 2 aromatic carbocycles. The number of para-hydroxylation sites is 1.